The maximum absolute atomic E-state index is 10.3. The topological polar surface area (TPSA) is 26.3 Å². The zero-order chi connectivity index (χ0) is 9.52. The Morgan fingerprint density at radius 2 is 2.08 bits per heavy atom. The van der Waals surface area contributed by atoms with E-state index >= 15 is 0 Å². The molecule has 0 aliphatic rings. The van der Waals surface area contributed by atoms with Crippen LogP contribution in [0.5, 0.6) is 5.75 Å². The molecule has 1 aromatic carbocycles. The third kappa shape index (κ3) is 3.00. The van der Waals surface area contributed by atoms with Crippen molar-refractivity contribution in [3.05, 3.63) is 29.8 Å². The van der Waals surface area contributed by atoms with Crippen LogP contribution in [0.15, 0.2) is 24.3 Å². The molecule has 0 bridgehead atoms. The molecule has 0 aliphatic carbocycles. The van der Waals surface area contributed by atoms with Crippen LogP contribution >= 0.6 is 0 Å². The van der Waals surface area contributed by atoms with E-state index in [0.717, 1.165) is 12.0 Å². The van der Waals surface area contributed by atoms with Crippen LogP contribution in [0.2, 0.25) is 0 Å². The molecule has 0 atom stereocenters. The lowest BCUT2D eigenvalue weighted by atomic mass is 10.2. The quantitative estimate of drug-likeness (QED) is 0.396. The SMILES string of the molecule is C#CCCOc1ccc(C=O)cc1. The molecule has 1 aromatic rings. The van der Waals surface area contributed by atoms with Gasteiger partial charge in [-0.15, -0.1) is 12.3 Å². The highest BCUT2D eigenvalue weighted by Crippen LogP contribution is 2.10. The summed E-state index contributed by atoms with van der Waals surface area (Å²) in [7, 11) is 0. The van der Waals surface area contributed by atoms with Crippen LogP contribution in [0.3, 0.4) is 0 Å². The molecule has 0 aliphatic heterocycles. The van der Waals surface area contributed by atoms with E-state index in [-0.39, 0.29) is 0 Å². The zero-order valence-corrected chi connectivity index (χ0v) is 7.19. The summed E-state index contributed by atoms with van der Waals surface area (Å²) in [5.41, 5.74) is 0.643. The van der Waals surface area contributed by atoms with Gasteiger partial charge in [0.05, 0.1) is 6.61 Å². The lowest BCUT2D eigenvalue weighted by Gasteiger charge is -2.02. The fraction of sp³-hybridized carbons (Fsp3) is 0.182. The van der Waals surface area contributed by atoms with Crippen molar-refractivity contribution in [1.82, 2.24) is 0 Å². The lowest BCUT2D eigenvalue weighted by molar-refractivity contribution is 0.112. The molecule has 0 amide bonds. The monoisotopic (exact) mass is 174 g/mol. The first kappa shape index (κ1) is 9.34. The number of benzene rings is 1. The van der Waals surface area contributed by atoms with Crippen LogP contribution in [0.25, 0.3) is 0 Å². The average molecular weight is 174 g/mol. The number of rotatable bonds is 4. The minimum absolute atomic E-state index is 0.511. The van der Waals surface area contributed by atoms with E-state index in [0.29, 0.717) is 18.6 Å². The number of hydrogen-bond donors (Lipinski definition) is 0. The largest absolute Gasteiger partial charge is 0.493 e. The first-order chi connectivity index (χ1) is 6.36. The van der Waals surface area contributed by atoms with Gasteiger partial charge in [-0.05, 0) is 24.3 Å². The van der Waals surface area contributed by atoms with Gasteiger partial charge in [-0.25, -0.2) is 0 Å². The Labute approximate surface area is 77.5 Å². The van der Waals surface area contributed by atoms with Gasteiger partial charge in [-0.2, -0.15) is 0 Å². The number of carbonyl (C=O) groups is 1. The average Bonchev–Trinajstić information content (AvgIpc) is 2.19. The highest BCUT2D eigenvalue weighted by Gasteiger charge is 1.92. The van der Waals surface area contributed by atoms with Gasteiger partial charge in [0.25, 0.3) is 0 Å². The van der Waals surface area contributed by atoms with Gasteiger partial charge >= 0.3 is 0 Å². The second-order valence-electron chi connectivity index (χ2n) is 2.49. The van der Waals surface area contributed by atoms with Gasteiger partial charge in [0.2, 0.25) is 0 Å². The maximum atomic E-state index is 10.3. The molecule has 0 radical (unpaired) electrons. The Hall–Kier alpha value is -1.75. The summed E-state index contributed by atoms with van der Waals surface area (Å²) < 4.78 is 5.29. The van der Waals surface area contributed by atoms with E-state index in [4.69, 9.17) is 11.2 Å². The van der Waals surface area contributed by atoms with Crippen LogP contribution < -0.4 is 4.74 Å². The fourth-order valence-electron chi connectivity index (χ4n) is 0.870. The molecule has 0 aromatic heterocycles. The molecule has 0 saturated carbocycles. The summed E-state index contributed by atoms with van der Waals surface area (Å²) in [5, 5.41) is 0. The zero-order valence-electron chi connectivity index (χ0n) is 7.19. The van der Waals surface area contributed by atoms with E-state index < -0.39 is 0 Å². The summed E-state index contributed by atoms with van der Waals surface area (Å²) in [6, 6.07) is 6.91. The minimum Gasteiger partial charge on any atom is -0.493 e. The van der Waals surface area contributed by atoms with Crippen molar-refractivity contribution in [2.24, 2.45) is 0 Å². The van der Waals surface area contributed by atoms with E-state index in [9.17, 15) is 4.79 Å². The smallest absolute Gasteiger partial charge is 0.150 e. The summed E-state index contributed by atoms with van der Waals surface area (Å²) >= 11 is 0. The van der Waals surface area contributed by atoms with Crippen molar-refractivity contribution < 1.29 is 9.53 Å². The van der Waals surface area contributed by atoms with Gasteiger partial charge in [0.15, 0.2) is 0 Å². The van der Waals surface area contributed by atoms with Crippen LogP contribution in [-0.4, -0.2) is 12.9 Å². The van der Waals surface area contributed by atoms with Gasteiger partial charge < -0.3 is 4.74 Å². The number of hydrogen-bond acceptors (Lipinski definition) is 2. The van der Waals surface area contributed by atoms with Crippen molar-refractivity contribution in [1.29, 1.82) is 0 Å². The van der Waals surface area contributed by atoms with Gasteiger partial charge in [0, 0.05) is 12.0 Å². The molecule has 13 heavy (non-hydrogen) atoms. The first-order valence-electron chi connectivity index (χ1n) is 3.98. The lowest BCUT2D eigenvalue weighted by Crippen LogP contribution is -1.95. The Morgan fingerprint density at radius 1 is 1.38 bits per heavy atom. The molecular weight excluding hydrogens is 164 g/mol. The highest BCUT2D eigenvalue weighted by molar-refractivity contribution is 5.74. The molecule has 2 heteroatoms. The number of terminal acetylenes is 1. The summed E-state index contributed by atoms with van der Waals surface area (Å²) in [4.78, 5) is 10.3. The van der Waals surface area contributed by atoms with Crippen molar-refractivity contribution in [2.75, 3.05) is 6.61 Å². The molecule has 0 fully saturated rings. The van der Waals surface area contributed by atoms with E-state index in [1.807, 2.05) is 0 Å². The Balaban J connectivity index is 2.50. The van der Waals surface area contributed by atoms with E-state index in [2.05, 4.69) is 5.92 Å². The molecule has 0 unspecified atom stereocenters. The Morgan fingerprint density at radius 3 is 2.62 bits per heavy atom. The van der Waals surface area contributed by atoms with Crippen LogP contribution in [0.1, 0.15) is 16.8 Å². The van der Waals surface area contributed by atoms with Crippen molar-refractivity contribution in [3.8, 4) is 18.1 Å². The van der Waals surface area contributed by atoms with Crippen LogP contribution in [0, 0.1) is 12.3 Å². The van der Waals surface area contributed by atoms with Crippen molar-refractivity contribution in [2.45, 2.75) is 6.42 Å². The van der Waals surface area contributed by atoms with Gasteiger partial charge in [-0.3, -0.25) is 4.79 Å². The molecular formula is C11H10O2. The molecule has 0 N–H and O–H groups in total. The first-order valence-corrected chi connectivity index (χ1v) is 3.98. The standard InChI is InChI=1S/C11H10O2/c1-2-3-8-13-11-6-4-10(9-12)5-7-11/h1,4-7,9H,3,8H2. The minimum atomic E-state index is 0.511. The predicted octanol–water partition coefficient (Wildman–Crippen LogP) is 1.90. The summed E-state index contributed by atoms with van der Waals surface area (Å²) in [5.74, 6) is 3.22. The predicted molar refractivity (Wildman–Crippen MR) is 50.8 cm³/mol. The fourth-order valence-corrected chi connectivity index (χ4v) is 0.870. The molecule has 2 nitrogen and oxygen atoms in total. The van der Waals surface area contributed by atoms with Crippen molar-refractivity contribution >= 4 is 6.29 Å². The summed E-state index contributed by atoms with van der Waals surface area (Å²) in [6.45, 7) is 0.511. The van der Waals surface area contributed by atoms with E-state index in [1.165, 1.54) is 0 Å². The Kier molecular flexibility index (Phi) is 3.59. The normalized spacial score (nSPS) is 8.85. The number of carbonyl (C=O) groups excluding carboxylic acids is 1. The number of ether oxygens (including phenoxy) is 1. The molecule has 1 rings (SSSR count). The molecule has 0 spiro atoms. The van der Waals surface area contributed by atoms with Crippen molar-refractivity contribution in [3.63, 3.8) is 0 Å². The van der Waals surface area contributed by atoms with Crippen LogP contribution in [0.4, 0.5) is 0 Å². The molecule has 0 saturated heterocycles. The Bertz CT molecular complexity index is 306. The second kappa shape index (κ2) is 5.00. The van der Waals surface area contributed by atoms with E-state index in [1.54, 1.807) is 24.3 Å². The second-order valence-corrected chi connectivity index (χ2v) is 2.49. The maximum Gasteiger partial charge on any atom is 0.150 e. The third-order valence-corrected chi connectivity index (χ3v) is 1.53. The highest BCUT2D eigenvalue weighted by atomic mass is 16.5. The molecule has 0 heterocycles. The summed E-state index contributed by atoms with van der Waals surface area (Å²) in [6.07, 6.45) is 6.45. The molecule has 66 valence electrons. The van der Waals surface area contributed by atoms with Crippen LogP contribution in [-0.2, 0) is 0 Å². The van der Waals surface area contributed by atoms with Gasteiger partial charge in [-0.1, -0.05) is 0 Å². The van der Waals surface area contributed by atoms with Gasteiger partial charge in [0.1, 0.15) is 12.0 Å². The number of aldehydes is 1. The third-order valence-electron chi connectivity index (χ3n) is 1.53.